The number of rotatable bonds is 3. The lowest BCUT2D eigenvalue weighted by atomic mass is 10.1. The fraction of sp³-hybridized carbons (Fsp3) is 0.533. The molecule has 0 unspecified atom stereocenters. The molecule has 1 fully saturated rings. The zero-order valence-corrected chi connectivity index (χ0v) is 10.6. The summed E-state index contributed by atoms with van der Waals surface area (Å²) < 4.78 is 5.88. The van der Waals surface area contributed by atoms with Crippen LogP contribution >= 0.6 is 0 Å². The number of oxime groups is 1. The lowest BCUT2D eigenvalue weighted by Gasteiger charge is -2.12. The monoisotopic (exact) mass is 245 g/mol. The molecular formula is C15H19NO2. The first-order valence-corrected chi connectivity index (χ1v) is 6.84. The fourth-order valence-electron chi connectivity index (χ4n) is 3.03. The Morgan fingerprint density at radius 2 is 2.06 bits per heavy atom. The number of nitrogens with zero attached hydrogens (tertiary/aromatic N) is 1. The van der Waals surface area contributed by atoms with Crippen molar-refractivity contribution in [3.05, 3.63) is 29.3 Å². The molecule has 0 saturated heterocycles. The number of fused-ring (bicyclic) bond motifs is 1. The molecule has 0 aromatic heterocycles. The Morgan fingerprint density at radius 3 is 2.83 bits per heavy atom. The van der Waals surface area contributed by atoms with Gasteiger partial charge in [0.05, 0.1) is 12.3 Å². The van der Waals surface area contributed by atoms with Gasteiger partial charge in [-0.3, -0.25) is 0 Å². The molecule has 0 atom stereocenters. The summed E-state index contributed by atoms with van der Waals surface area (Å²) in [6.45, 7) is 0.847. The summed E-state index contributed by atoms with van der Waals surface area (Å²) in [6, 6.07) is 6.11. The van der Waals surface area contributed by atoms with Crippen LogP contribution in [0, 0.1) is 5.92 Å². The van der Waals surface area contributed by atoms with Crippen LogP contribution < -0.4 is 4.74 Å². The second kappa shape index (κ2) is 5.01. The third-order valence-corrected chi connectivity index (χ3v) is 4.10. The first-order chi connectivity index (χ1) is 8.86. The largest absolute Gasteiger partial charge is 0.493 e. The van der Waals surface area contributed by atoms with Gasteiger partial charge >= 0.3 is 0 Å². The Hall–Kier alpha value is -1.51. The lowest BCUT2D eigenvalue weighted by molar-refractivity contribution is 0.252. The summed E-state index contributed by atoms with van der Waals surface area (Å²) in [6.07, 6.45) is 7.12. The molecule has 3 nitrogen and oxygen atoms in total. The zero-order valence-electron chi connectivity index (χ0n) is 10.6. The molecule has 3 heteroatoms. The highest BCUT2D eigenvalue weighted by atomic mass is 16.5. The van der Waals surface area contributed by atoms with Crippen molar-refractivity contribution >= 4 is 5.71 Å². The van der Waals surface area contributed by atoms with Crippen molar-refractivity contribution in [2.45, 2.75) is 38.5 Å². The normalized spacial score (nSPS) is 21.4. The van der Waals surface area contributed by atoms with Crippen LogP contribution in [0.15, 0.2) is 23.4 Å². The molecule has 1 N–H and O–H groups in total. The highest BCUT2D eigenvalue weighted by molar-refractivity contribution is 6.04. The number of benzene rings is 1. The van der Waals surface area contributed by atoms with Gasteiger partial charge in [-0.05, 0) is 55.4 Å². The molecule has 3 rings (SSSR count). The molecule has 1 aromatic carbocycles. The first-order valence-electron chi connectivity index (χ1n) is 6.84. The smallest absolute Gasteiger partial charge is 0.119 e. The van der Waals surface area contributed by atoms with Gasteiger partial charge in [-0.2, -0.15) is 0 Å². The highest BCUT2D eigenvalue weighted by Gasteiger charge is 2.19. The van der Waals surface area contributed by atoms with E-state index in [9.17, 15) is 0 Å². The molecule has 0 radical (unpaired) electrons. The van der Waals surface area contributed by atoms with Crippen molar-refractivity contribution < 1.29 is 9.94 Å². The number of aryl methyl sites for hydroxylation is 1. The second-order valence-corrected chi connectivity index (χ2v) is 5.33. The van der Waals surface area contributed by atoms with E-state index in [0.29, 0.717) is 0 Å². The van der Waals surface area contributed by atoms with Crippen molar-refractivity contribution in [1.82, 2.24) is 0 Å². The zero-order chi connectivity index (χ0) is 12.4. The minimum Gasteiger partial charge on any atom is -0.493 e. The van der Waals surface area contributed by atoms with Crippen LogP contribution in [0.5, 0.6) is 5.75 Å². The van der Waals surface area contributed by atoms with E-state index in [1.165, 1.54) is 31.2 Å². The Morgan fingerprint density at radius 1 is 1.22 bits per heavy atom. The SMILES string of the molecule is O/N=C1/CCc2cc(OCC3CCCC3)ccc21. The predicted octanol–water partition coefficient (Wildman–Crippen LogP) is 3.38. The quantitative estimate of drug-likeness (QED) is 0.655. The van der Waals surface area contributed by atoms with Gasteiger partial charge in [-0.1, -0.05) is 18.0 Å². The molecule has 2 aliphatic carbocycles. The van der Waals surface area contributed by atoms with E-state index >= 15 is 0 Å². The van der Waals surface area contributed by atoms with Crippen molar-refractivity contribution in [3.8, 4) is 5.75 Å². The summed E-state index contributed by atoms with van der Waals surface area (Å²) in [7, 11) is 0. The van der Waals surface area contributed by atoms with Crippen LogP contribution in [0.4, 0.5) is 0 Å². The standard InChI is InChI=1S/C15H19NO2/c17-16-15-8-5-12-9-13(6-7-14(12)15)18-10-11-3-1-2-4-11/h6-7,9,11,17H,1-5,8,10H2/b16-15-. The second-order valence-electron chi connectivity index (χ2n) is 5.33. The van der Waals surface area contributed by atoms with Crippen molar-refractivity contribution in [2.75, 3.05) is 6.61 Å². The Balaban J connectivity index is 1.67. The van der Waals surface area contributed by atoms with Crippen LogP contribution in [0.1, 0.15) is 43.2 Å². The van der Waals surface area contributed by atoms with E-state index in [0.717, 1.165) is 42.4 Å². The molecule has 0 bridgehead atoms. The lowest BCUT2D eigenvalue weighted by Crippen LogP contribution is -2.08. The Kier molecular flexibility index (Phi) is 3.22. The van der Waals surface area contributed by atoms with E-state index in [2.05, 4.69) is 11.2 Å². The average Bonchev–Trinajstić information content (AvgIpc) is 3.05. The number of hydrogen-bond donors (Lipinski definition) is 1. The fourth-order valence-corrected chi connectivity index (χ4v) is 3.03. The molecule has 18 heavy (non-hydrogen) atoms. The summed E-state index contributed by atoms with van der Waals surface area (Å²) in [5, 5.41) is 12.2. The van der Waals surface area contributed by atoms with Gasteiger partial charge in [0.2, 0.25) is 0 Å². The van der Waals surface area contributed by atoms with Crippen LogP contribution in [0.2, 0.25) is 0 Å². The van der Waals surface area contributed by atoms with Crippen LogP contribution in [0.3, 0.4) is 0 Å². The first kappa shape index (κ1) is 11.6. The van der Waals surface area contributed by atoms with Crippen molar-refractivity contribution in [1.29, 1.82) is 0 Å². The highest BCUT2D eigenvalue weighted by Crippen LogP contribution is 2.29. The maximum absolute atomic E-state index is 8.89. The van der Waals surface area contributed by atoms with E-state index in [4.69, 9.17) is 9.94 Å². The van der Waals surface area contributed by atoms with Gasteiger partial charge < -0.3 is 9.94 Å². The van der Waals surface area contributed by atoms with Crippen molar-refractivity contribution in [2.24, 2.45) is 11.1 Å². The maximum atomic E-state index is 8.89. The van der Waals surface area contributed by atoms with E-state index in [1.54, 1.807) is 0 Å². The predicted molar refractivity (Wildman–Crippen MR) is 70.5 cm³/mol. The van der Waals surface area contributed by atoms with Crippen molar-refractivity contribution in [3.63, 3.8) is 0 Å². The van der Waals surface area contributed by atoms with Gasteiger partial charge in [-0.15, -0.1) is 0 Å². The molecule has 1 aromatic rings. The van der Waals surface area contributed by atoms with Gasteiger partial charge in [0.1, 0.15) is 5.75 Å². The molecule has 0 aliphatic heterocycles. The van der Waals surface area contributed by atoms with Crippen LogP contribution in [-0.2, 0) is 6.42 Å². The van der Waals surface area contributed by atoms with Crippen LogP contribution in [0.25, 0.3) is 0 Å². The minimum absolute atomic E-state index is 0.743. The molecule has 0 amide bonds. The molecular weight excluding hydrogens is 226 g/mol. The summed E-state index contributed by atoms with van der Waals surface area (Å²) in [5.41, 5.74) is 3.12. The summed E-state index contributed by atoms with van der Waals surface area (Å²) in [5.74, 6) is 1.70. The van der Waals surface area contributed by atoms with Gasteiger partial charge in [-0.25, -0.2) is 0 Å². The molecule has 0 spiro atoms. The van der Waals surface area contributed by atoms with Gasteiger partial charge in [0, 0.05) is 5.56 Å². The molecule has 1 saturated carbocycles. The Labute approximate surface area is 107 Å². The molecule has 2 aliphatic rings. The van der Waals surface area contributed by atoms with E-state index in [-0.39, 0.29) is 0 Å². The third kappa shape index (κ3) is 2.22. The van der Waals surface area contributed by atoms with Gasteiger partial charge in [0.25, 0.3) is 0 Å². The topological polar surface area (TPSA) is 41.8 Å². The maximum Gasteiger partial charge on any atom is 0.119 e. The van der Waals surface area contributed by atoms with E-state index in [1.807, 2.05) is 12.1 Å². The van der Waals surface area contributed by atoms with Gasteiger partial charge in [0.15, 0.2) is 0 Å². The average molecular weight is 245 g/mol. The number of hydrogen-bond acceptors (Lipinski definition) is 3. The summed E-state index contributed by atoms with van der Waals surface area (Å²) >= 11 is 0. The molecule has 0 heterocycles. The third-order valence-electron chi connectivity index (χ3n) is 4.10. The van der Waals surface area contributed by atoms with Crippen LogP contribution in [-0.4, -0.2) is 17.5 Å². The van der Waals surface area contributed by atoms with E-state index < -0.39 is 0 Å². The summed E-state index contributed by atoms with van der Waals surface area (Å²) in [4.78, 5) is 0. The Bertz CT molecular complexity index is 462. The minimum atomic E-state index is 0.743. The number of ether oxygens (including phenoxy) is 1. The molecule has 96 valence electrons.